The minimum absolute atomic E-state index is 0.0480. The zero-order valence-electron chi connectivity index (χ0n) is 9.56. The number of carbonyl (C=O) groups excluding carboxylic acids is 1. The van der Waals surface area contributed by atoms with Crippen molar-refractivity contribution < 1.29 is 9.53 Å². The number of carbonyl (C=O) groups is 1. The summed E-state index contributed by atoms with van der Waals surface area (Å²) < 4.78 is 5.07. The van der Waals surface area contributed by atoms with Gasteiger partial charge in [-0.1, -0.05) is 6.07 Å². The van der Waals surface area contributed by atoms with Gasteiger partial charge in [0.15, 0.2) is 0 Å². The number of ether oxygens (including phenoxy) is 1. The molecule has 2 N–H and O–H groups in total. The number of methoxy groups -OCH3 is 1. The fourth-order valence-corrected chi connectivity index (χ4v) is 2.07. The Kier molecular flexibility index (Phi) is 2.83. The van der Waals surface area contributed by atoms with Crippen LogP contribution in [0.5, 0.6) is 0 Å². The first-order chi connectivity index (χ1) is 7.65. The van der Waals surface area contributed by atoms with Gasteiger partial charge in [0.2, 0.25) is 0 Å². The van der Waals surface area contributed by atoms with E-state index in [0.29, 0.717) is 18.8 Å². The molecule has 1 amide bonds. The summed E-state index contributed by atoms with van der Waals surface area (Å²) in [4.78, 5) is 13.9. The number of rotatable bonds is 3. The summed E-state index contributed by atoms with van der Waals surface area (Å²) in [6, 6.07) is 5.55. The highest BCUT2D eigenvalue weighted by molar-refractivity contribution is 6.00. The molecule has 4 nitrogen and oxygen atoms in total. The van der Waals surface area contributed by atoms with Gasteiger partial charge in [-0.2, -0.15) is 0 Å². The Morgan fingerprint density at radius 1 is 1.56 bits per heavy atom. The molecule has 0 saturated heterocycles. The predicted octanol–water partition coefficient (Wildman–Crippen LogP) is 1.26. The molecule has 4 heteroatoms. The van der Waals surface area contributed by atoms with Gasteiger partial charge in [-0.25, -0.2) is 0 Å². The largest absolute Gasteiger partial charge is 0.398 e. The van der Waals surface area contributed by atoms with E-state index in [-0.39, 0.29) is 11.9 Å². The molecule has 0 fully saturated rings. The lowest BCUT2D eigenvalue weighted by Gasteiger charge is -2.23. The molecule has 1 unspecified atom stereocenters. The molecule has 16 heavy (non-hydrogen) atoms. The van der Waals surface area contributed by atoms with Crippen molar-refractivity contribution in [3.63, 3.8) is 0 Å². The fourth-order valence-electron chi connectivity index (χ4n) is 2.07. The van der Waals surface area contributed by atoms with E-state index in [4.69, 9.17) is 10.5 Å². The maximum absolute atomic E-state index is 12.1. The molecule has 86 valence electrons. The standard InChI is InChI=1S/C12H16N2O2/c1-8(7-16-2)14-6-10-9(12(14)15)4-3-5-11(10)13/h3-5,8H,6-7,13H2,1-2H3. The van der Waals surface area contributed by atoms with Crippen molar-refractivity contribution in [1.29, 1.82) is 0 Å². The topological polar surface area (TPSA) is 55.6 Å². The highest BCUT2D eigenvalue weighted by atomic mass is 16.5. The summed E-state index contributed by atoms with van der Waals surface area (Å²) in [6.45, 7) is 3.11. The molecule has 1 atom stereocenters. The van der Waals surface area contributed by atoms with Gasteiger partial charge >= 0.3 is 0 Å². The molecule has 1 heterocycles. The molecule has 0 saturated carbocycles. The Morgan fingerprint density at radius 3 is 2.94 bits per heavy atom. The van der Waals surface area contributed by atoms with Crippen molar-refractivity contribution in [2.24, 2.45) is 0 Å². The van der Waals surface area contributed by atoms with E-state index in [1.165, 1.54) is 0 Å². The highest BCUT2D eigenvalue weighted by Crippen LogP contribution is 2.28. The first-order valence-electron chi connectivity index (χ1n) is 5.32. The van der Waals surface area contributed by atoms with Crippen LogP contribution in [0.4, 0.5) is 5.69 Å². The number of nitrogen functional groups attached to an aromatic ring is 1. The third kappa shape index (κ3) is 1.65. The molecule has 0 aromatic heterocycles. The lowest BCUT2D eigenvalue weighted by atomic mass is 10.1. The van der Waals surface area contributed by atoms with Gasteiger partial charge in [0, 0.05) is 30.5 Å². The van der Waals surface area contributed by atoms with E-state index in [1.54, 1.807) is 12.0 Å². The molecule has 0 bridgehead atoms. The third-order valence-electron chi connectivity index (χ3n) is 2.97. The summed E-state index contributed by atoms with van der Waals surface area (Å²) in [5.41, 5.74) is 8.22. The van der Waals surface area contributed by atoms with Gasteiger partial charge in [0.25, 0.3) is 5.91 Å². The van der Waals surface area contributed by atoms with E-state index in [9.17, 15) is 4.79 Å². The third-order valence-corrected chi connectivity index (χ3v) is 2.97. The number of hydrogen-bond donors (Lipinski definition) is 1. The predicted molar refractivity (Wildman–Crippen MR) is 62.1 cm³/mol. The maximum Gasteiger partial charge on any atom is 0.254 e. The smallest absolute Gasteiger partial charge is 0.254 e. The van der Waals surface area contributed by atoms with Crippen molar-refractivity contribution in [2.45, 2.75) is 19.5 Å². The number of anilines is 1. The van der Waals surface area contributed by atoms with Gasteiger partial charge in [-0.05, 0) is 19.1 Å². The monoisotopic (exact) mass is 220 g/mol. The number of amides is 1. The Morgan fingerprint density at radius 2 is 2.31 bits per heavy atom. The summed E-state index contributed by atoms with van der Waals surface area (Å²) in [6.07, 6.45) is 0. The van der Waals surface area contributed by atoms with Gasteiger partial charge in [-0.15, -0.1) is 0 Å². The van der Waals surface area contributed by atoms with Crippen LogP contribution in [0, 0.1) is 0 Å². The molecule has 1 aliphatic rings. The lowest BCUT2D eigenvalue weighted by molar-refractivity contribution is 0.0588. The van der Waals surface area contributed by atoms with Gasteiger partial charge in [-0.3, -0.25) is 4.79 Å². The zero-order valence-corrected chi connectivity index (χ0v) is 9.56. The molecule has 0 aliphatic carbocycles. The van der Waals surface area contributed by atoms with Crippen LogP contribution >= 0.6 is 0 Å². The second-order valence-electron chi connectivity index (χ2n) is 4.11. The van der Waals surface area contributed by atoms with Crippen LogP contribution in [0.15, 0.2) is 18.2 Å². The van der Waals surface area contributed by atoms with Gasteiger partial charge in [0.05, 0.1) is 12.6 Å². The van der Waals surface area contributed by atoms with E-state index >= 15 is 0 Å². The molecular formula is C12H16N2O2. The van der Waals surface area contributed by atoms with Crippen LogP contribution in [-0.4, -0.2) is 30.6 Å². The minimum Gasteiger partial charge on any atom is -0.398 e. The Bertz CT molecular complexity index is 417. The molecule has 0 spiro atoms. The molecule has 2 rings (SSSR count). The number of benzene rings is 1. The van der Waals surface area contributed by atoms with Gasteiger partial charge < -0.3 is 15.4 Å². The summed E-state index contributed by atoms with van der Waals surface area (Å²) >= 11 is 0. The van der Waals surface area contributed by atoms with Crippen molar-refractivity contribution >= 4 is 11.6 Å². The minimum atomic E-state index is 0.0480. The maximum atomic E-state index is 12.1. The molecule has 0 radical (unpaired) electrons. The van der Waals surface area contributed by atoms with Crippen molar-refractivity contribution in [3.8, 4) is 0 Å². The van der Waals surface area contributed by atoms with Crippen molar-refractivity contribution in [2.75, 3.05) is 19.5 Å². The number of nitrogens with two attached hydrogens (primary N) is 1. The molecule has 1 aromatic carbocycles. The van der Waals surface area contributed by atoms with Crippen LogP contribution in [-0.2, 0) is 11.3 Å². The van der Waals surface area contributed by atoms with E-state index in [1.807, 2.05) is 25.1 Å². The van der Waals surface area contributed by atoms with E-state index < -0.39 is 0 Å². The highest BCUT2D eigenvalue weighted by Gasteiger charge is 2.31. The number of hydrogen-bond acceptors (Lipinski definition) is 3. The summed E-state index contributed by atoms with van der Waals surface area (Å²) in [5.74, 6) is 0.0480. The van der Waals surface area contributed by atoms with Crippen LogP contribution in [0.3, 0.4) is 0 Å². The van der Waals surface area contributed by atoms with Crippen LogP contribution in [0.2, 0.25) is 0 Å². The first-order valence-corrected chi connectivity index (χ1v) is 5.32. The quantitative estimate of drug-likeness (QED) is 0.780. The van der Waals surface area contributed by atoms with E-state index in [0.717, 1.165) is 11.1 Å². The second kappa shape index (κ2) is 4.14. The molecular weight excluding hydrogens is 204 g/mol. The summed E-state index contributed by atoms with van der Waals surface area (Å²) in [7, 11) is 1.64. The van der Waals surface area contributed by atoms with E-state index in [2.05, 4.69) is 0 Å². The van der Waals surface area contributed by atoms with Gasteiger partial charge in [0.1, 0.15) is 0 Å². The van der Waals surface area contributed by atoms with Crippen molar-refractivity contribution in [3.05, 3.63) is 29.3 Å². The average molecular weight is 220 g/mol. The average Bonchev–Trinajstić information content (AvgIpc) is 2.59. The Labute approximate surface area is 95.0 Å². The fraction of sp³-hybridized carbons (Fsp3) is 0.417. The normalized spacial score (nSPS) is 16.4. The Balaban J connectivity index is 2.27. The zero-order chi connectivity index (χ0) is 11.7. The second-order valence-corrected chi connectivity index (χ2v) is 4.11. The lowest BCUT2D eigenvalue weighted by Crippen LogP contribution is -2.36. The van der Waals surface area contributed by atoms with Crippen LogP contribution in [0.25, 0.3) is 0 Å². The first kappa shape index (κ1) is 11.0. The molecule has 1 aliphatic heterocycles. The Hall–Kier alpha value is -1.55. The SMILES string of the molecule is COCC(C)N1Cc2c(N)cccc2C1=O. The van der Waals surface area contributed by atoms with Crippen molar-refractivity contribution in [1.82, 2.24) is 4.90 Å². The summed E-state index contributed by atoms with van der Waals surface area (Å²) in [5, 5.41) is 0. The van der Waals surface area contributed by atoms with Crippen LogP contribution in [0.1, 0.15) is 22.8 Å². The molecule has 1 aromatic rings. The number of nitrogens with zero attached hydrogens (tertiary/aromatic N) is 1. The number of fused-ring (bicyclic) bond motifs is 1. The van der Waals surface area contributed by atoms with Crippen LogP contribution < -0.4 is 5.73 Å².